The van der Waals surface area contributed by atoms with Crippen LogP contribution in [0.2, 0.25) is 0 Å². The number of rotatable bonds is 8. The number of nitrogens with zero attached hydrogens (tertiary/aromatic N) is 3. The average molecular weight is 484 g/mol. The van der Waals surface area contributed by atoms with Gasteiger partial charge in [-0.15, -0.1) is 0 Å². The van der Waals surface area contributed by atoms with Crippen LogP contribution in [0.25, 0.3) is 11.1 Å². The van der Waals surface area contributed by atoms with E-state index in [2.05, 4.69) is 4.90 Å². The molecule has 0 saturated carbocycles. The van der Waals surface area contributed by atoms with Crippen LogP contribution in [-0.2, 0) is 20.9 Å². The van der Waals surface area contributed by atoms with Gasteiger partial charge in [0.05, 0.1) is 18.8 Å². The van der Waals surface area contributed by atoms with Crippen molar-refractivity contribution in [2.45, 2.75) is 25.6 Å². The minimum absolute atomic E-state index is 0.0872. The highest BCUT2D eigenvalue weighted by molar-refractivity contribution is 5.92. The fraction of sp³-hybridized carbons (Fsp3) is 0.400. The Balaban J connectivity index is 1.38. The van der Waals surface area contributed by atoms with E-state index in [9.17, 15) is 18.8 Å². The van der Waals surface area contributed by atoms with Crippen LogP contribution >= 0.6 is 0 Å². The lowest BCUT2D eigenvalue weighted by atomic mass is 10.0. The molecule has 2 saturated heterocycles. The second-order valence-electron chi connectivity index (χ2n) is 9.05. The molecule has 2 atom stereocenters. The molecule has 4 N–H and O–H groups in total. The third-order valence-corrected chi connectivity index (χ3v) is 6.48. The van der Waals surface area contributed by atoms with Crippen molar-refractivity contribution in [1.82, 2.24) is 9.80 Å². The fourth-order valence-electron chi connectivity index (χ4n) is 4.42. The van der Waals surface area contributed by atoms with E-state index in [1.807, 2.05) is 29.2 Å². The average Bonchev–Trinajstić information content (AvgIpc) is 3.21. The molecule has 2 aromatic rings. The molecule has 2 aromatic carbocycles. The first-order chi connectivity index (χ1) is 16.7. The zero-order valence-corrected chi connectivity index (χ0v) is 19.7. The number of benzene rings is 2. The summed E-state index contributed by atoms with van der Waals surface area (Å²) in [5.41, 5.74) is 13.7. The van der Waals surface area contributed by atoms with Crippen LogP contribution in [0.1, 0.15) is 12.5 Å². The summed E-state index contributed by atoms with van der Waals surface area (Å²) in [5.74, 6) is -1.05. The molecule has 2 aliphatic heterocycles. The van der Waals surface area contributed by atoms with Crippen molar-refractivity contribution in [3.8, 4) is 11.1 Å². The summed E-state index contributed by atoms with van der Waals surface area (Å²) in [4.78, 5) is 40.5. The molecule has 2 fully saturated rings. The SMILES string of the molecule is CC(=O)[C@@H](N)C1CN(c2ccc(-c3ccc(CN4CCN(CC(N)=O)CC4)cc3)c(F)c2)C(=O)O1. The smallest absolute Gasteiger partial charge is 0.414 e. The van der Waals surface area contributed by atoms with Gasteiger partial charge in [0.1, 0.15) is 23.7 Å². The van der Waals surface area contributed by atoms with Gasteiger partial charge < -0.3 is 16.2 Å². The Kier molecular flexibility index (Phi) is 7.44. The first kappa shape index (κ1) is 24.8. The predicted octanol–water partition coefficient (Wildman–Crippen LogP) is 1.34. The van der Waals surface area contributed by atoms with E-state index in [-0.39, 0.29) is 18.2 Å². The number of hydrogen-bond acceptors (Lipinski definition) is 7. The summed E-state index contributed by atoms with van der Waals surface area (Å²) < 4.78 is 20.2. The molecule has 0 radical (unpaired) electrons. The quantitative estimate of drug-likeness (QED) is 0.581. The van der Waals surface area contributed by atoms with Gasteiger partial charge in [0.2, 0.25) is 5.91 Å². The number of carbonyl (C=O) groups is 3. The molecular weight excluding hydrogens is 453 g/mol. The minimum atomic E-state index is -0.911. The van der Waals surface area contributed by atoms with Gasteiger partial charge in [0.15, 0.2) is 0 Å². The van der Waals surface area contributed by atoms with E-state index in [0.29, 0.717) is 17.8 Å². The first-order valence-electron chi connectivity index (χ1n) is 11.6. The van der Waals surface area contributed by atoms with Crippen LogP contribution < -0.4 is 16.4 Å². The Morgan fingerprint density at radius 1 is 1.09 bits per heavy atom. The third-order valence-electron chi connectivity index (χ3n) is 6.48. The van der Waals surface area contributed by atoms with E-state index in [4.69, 9.17) is 16.2 Å². The number of halogens is 1. The summed E-state index contributed by atoms with van der Waals surface area (Å²) in [7, 11) is 0. The van der Waals surface area contributed by atoms with Gasteiger partial charge in [-0.3, -0.25) is 24.3 Å². The molecule has 4 rings (SSSR count). The van der Waals surface area contributed by atoms with Crippen LogP contribution in [-0.4, -0.2) is 79.0 Å². The molecule has 186 valence electrons. The van der Waals surface area contributed by atoms with Crippen molar-refractivity contribution in [2.75, 3.05) is 44.2 Å². The minimum Gasteiger partial charge on any atom is -0.442 e. The molecule has 0 spiro atoms. The van der Waals surface area contributed by atoms with Crippen LogP contribution in [0.15, 0.2) is 42.5 Å². The fourth-order valence-corrected chi connectivity index (χ4v) is 4.42. The number of ether oxygens (including phenoxy) is 1. The summed E-state index contributed by atoms with van der Waals surface area (Å²) in [6, 6.07) is 11.4. The van der Waals surface area contributed by atoms with Gasteiger partial charge in [-0.2, -0.15) is 0 Å². The largest absolute Gasteiger partial charge is 0.442 e. The van der Waals surface area contributed by atoms with E-state index in [1.165, 1.54) is 17.9 Å². The van der Waals surface area contributed by atoms with Gasteiger partial charge in [-0.05, 0) is 36.2 Å². The number of anilines is 1. The van der Waals surface area contributed by atoms with Gasteiger partial charge in [0, 0.05) is 38.3 Å². The highest BCUT2D eigenvalue weighted by Crippen LogP contribution is 2.30. The second kappa shape index (κ2) is 10.5. The molecule has 2 amide bonds. The van der Waals surface area contributed by atoms with Crippen LogP contribution in [0.3, 0.4) is 0 Å². The predicted molar refractivity (Wildman–Crippen MR) is 129 cm³/mol. The summed E-state index contributed by atoms with van der Waals surface area (Å²) in [6.07, 6.45) is -1.42. The molecule has 0 bridgehead atoms. The summed E-state index contributed by atoms with van der Waals surface area (Å²) in [6.45, 7) is 5.78. The Morgan fingerprint density at radius 2 is 1.74 bits per heavy atom. The van der Waals surface area contributed by atoms with E-state index in [1.54, 1.807) is 12.1 Å². The lowest BCUT2D eigenvalue weighted by Gasteiger charge is -2.34. The van der Waals surface area contributed by atoms with Crippen LogP contribution in [0, 0.1) is 5.82 Å². The van der Waals surface area contributed by atoms with Crippen molar-refractivity contribution < 1.29 is 23.5 Å². The van der Waals surface area contributed by atoms with Gasteiger partial charge in [0.25, 0.3) is 0 Å². The van der Waals surface area contributed by atoms with Crippen molar-refractivity contribution in [3.05, 3.63) is 53.8 Å². The number of hydrogen-bond donors (Lipinski definition) is 2. The number of primary amides is 1. The van der Waals surface area contributed by atoms with Crippen molar-refractivity contribution in [3.63, 3.8) is 0 Å². The van der Waals surface area contributed by atoms with Crippen molar-refractivity contribution >= 4 is 23.5 Å². The topological polar surface area (TPSA) is 122 Å². The monoisotopic (exact) mass is 483 g/mol. The number of piperazine rings is 1. The molecule has 35 heavy (non-hydrogen) atoms. The number of Topliss-reactive ketones (excluding diaryl/α,β-unsaturated/α-hetero) is 1. The molecule has 0 aliphatic carbocycles. The number of ketones is 1. The van der Waals surface area contributed by atoms with Crippen LogP contribution in [0.5, 0.6) is 0 Å². The van der Waals surface area contributed by atoms with Crippen LogP contribution in [0.4, 0.5) is 14.9 Å². The lowest BCUT2D eigenvalue weighted by molar-refractivity contribution is -0.120. The number of carbonyl (C=O) groups excluding carboxylic acids is 3. The zero-order chi connectivity index (χ0) is 25.1. The van der Waals surface area contributed by atoms with E-state index < -0.39 is 24.1 Å². The molecule has 9 nitrogen and oxygen atoms in total. The molecule has 2 aliphatic rings. The number of amides is 2. The standard InChI is InChI=1S/C25H30FN5O4/c1-16(32)24(28)22-14-31(25(34)35-22)19-6-7-20(21(26)12-19)18-4-2-17(3-5-18)13-29-8-10-30(11-9-29)15-23(27)33/h2-7,12,22,24H,8-11,13-15,28H2,1H3,(H2,27,33)/t22?,24-/m1/s1. The Bertz CT molecular complexity index is 1100. The number of nitrogens with two attached hydrogens (primary N) is 2. The maximum Gasteiger partial charge on any atom is 0.414 e. The van der Waals surface area contributed by atoms with Gasteiger partial charge >= 0.3 is 6.09 Å². The second-order valence-corrected chi connectivity index (χ2v) is 9.05. The molecule has 10 heteroatoms. The molecule has 1 unspecified atom stereocenters. The molecule has 2 heterocycles. The third kappa shape index (κ3) is 5.84. The normalized spacial score (nSPS) is 20.0. The van der Waals surface area contributed by atoms with Crippen molar-refractivity contribution in [1.29, 1.82) is 0 Å². The Morgan fingerprint density at radius 3 is 2.34 bits per heavy atom. The Hall–Kier alpha value is -3.34. The maximum atomic E-state index is 15.0. The summed E-state index contributed by atoms with van der Waals surface area (Å²) >= 11 is 0. The zero-order valence-electron chi connectivity index (χ0n) is 19.7. The Labute approximate surface area is 203 Å². The highest BCUT2D eigenvalue weighted by atomic mass is 19.1. The first-order valence-corrected chi connectivity index (χ1v) is 11.6. The van der Waals surface area contributed by atoms with Gasteiger partial charge in [-0.1, -0.05) is 24.3 Å². The van der Waals surface area contributed by atoms with Crippen molar-refractivity contribution in [2.24, 2.45) is 11.5 Å². The maximum absolute atomic E-state index is 15.0. The molecule has 0 aromatic heterocycles. The summed E-state index contributed by atoms with van der Waals surface area (Å²) in [5, 5.41) is 0. The molecular formula is C25H30FN5O4. The van der Waals surface area contributed by atoms with E-state index in [0.717, 1.165) is 43.9 Å². The highest BCUT2D eigenvalue weighted by Gasteiger charge is 2.37. The number of cyclic esters (lactones) is 1. The lowest BCUT2D eigenvalue weighted by Crippen LogP contribution is -2.48. The van der Waals surface area contributed by atoms with E-state index >= 15 is 0 Å². The van der Waals surface area contributed by atoms with Gasteiger partial charge in [-0.25, -0.2) is 9.18 Å².